The first kappa shape index (κ1) is 19.7. The van der Waals surface area contributed by atoms with Crippen LogP contribution in [0.1, 0.15) is 17.0 Å². The third-order valence-corrected chi connectivity index (χ3v) is 3.94. The average Bonchev–Trinajstić information content (AvgIpc) is 3.14. The van der Waals surface area contributed by atoms with Gasteiger partial charge in [-0.3, -0.25) is 0 Å². The first-order valence-corrected chi connectivity index (χ1v) is 8.48. The van der Waals surface area contributed by atoms with Gasteiger partial charge in [-0.15, -0.1) is 0 Å². The number of rotatable bonds is 6. The van der Waals surface area contributed by atoms with E-state index in [-0.39, 0.29) is 23.8 Å². The normalized spacial score (nSPS) is 16.0. The zero-order chi connectivity index (χ0) is 20.0. The van der Waals surface area contributed by atoms with Crippen molar-refractivity contribution in [3.05, 3.63) is 53.6 Å². The van der Waals surface area contributed by atoms with Crippen LogP contribution in [-0.4, -0.2) is 47.4 Å². The van der Waals surface area contributed by atoms with Crippen molar-refractivity contribution in [2.75, 3.05) is 26.3 Å². The number of aromatic nitrogens is 2. The second-order valence-electron chi connectivity index (χ2n) is 5.95. The van der Waals surface area contributed by atoms with Gasteiger partial charge >= 0.3 is 6.18 Å². The van der Waals surface area contributed by atoms with Gasteiger partial charge in [0.05, 0.1) is 31.0 Å². The van der Waals surface area contributed by atoms with Crippen molar-refractivity contribution in [1.29, 1.82) is 0 Å². The number of nitrogens with one attached hydrogen (secondary N) is 1. The SMILES string of the molecule is NC(=Nc1cccc(C(F)(F)F)c1)c1nonc1CN/C=C/N1CCOCC1. The molecule has 0 unspecified atom stereocenters. The van der Waals surface area contributed by atoms with Gasteiger partial charge in [0.15, 0.2) is 11.5 Å². The van der Waals surface area contributed by atoms with E-state index in [1.165, 1.54) is 12.1 Å². The van der Waals surface area contributed by atoms with Crippen LogP contribution in [-0.2, 0) is 17.5 Å². The van der Waals surface area contributed by atoms with E-state index < -0.39 is 11.7 Å². The summed E-state index contributed by atoms with van der Waals surface area (Å²) >= 11 is 0. The molecule has 3 N–H and O–H groups in total. The molecule has 1 aliphatic heterocycles. The molecule has 1 fully saturated rings. The monoisotopic (exact) mass is 396 g/mol. The van der Waals surface area contributed by atoms with Crippen molar-refractivity contribution < 1.29 is 22.5 Å². The van der Waals surface area contributed by atoms with E-state index in [1.54, 1.807) is 6.20 Å². The Morgan fingerprint density at radius 3 is 2.82 bits per heavy atom. The van der Waals surface area contributed by atoms with Crippen LogP contribution in [0, 0.1) is 0 Å². The Morgan fingerprint density at radius 1 is 1.29 bits per heavy atom. The number of halogens is 3. The Balaban J connectivity index is 1.65. The molecule has 0 bridgehead atoms. The Kier molecular flexibility index (Phi) is 6.14. The Morgan fingerprint density at radius 2 is 2.07 bits per heavy atom. The number of nitrogens with zero attached hydrogens (tertiary/aromatic N) is 4. The molecule has 8 nitrogen and oxygen atoms in total. The molecule has 0 spiro atoms. The summed E-state index contributed by atoms with van der Waals surface area (Å²) in [5.41, 5.74) is 5.70. The minimum absolute atomic E-state index is 0.0569. The van der Waals surface area contributed by atoms with Crippen molar-refractivity contribution in [2.24, 2.45) is 10.7 Å². The molecule has 2 heterocycles. The highest BCUT2D eigenvalue weighted by Crippen LogP contribution is 2.31. The molecule has 0 aliphatic carbocycles. The minimum atomic E-state index is -4.46. The van der Waals surface area contributed by atoms with E-state index in [0.717, 1.165) is 25.2 Å². The fourth-order valence-electron chi connectivity index (χ4n) is 2.50. The van der Waals surface area contributed by atoms with Gasteiger partial charge in [-0.05, 0) is 23.4 Å². The third kappa shape index (κ3) is 5.22. The molecule has 1 aromatic carbocycles. The van der Waals surface area contributed by atoms with E-state index >= 15 is 0 Å². The van der Waals surface area contributed by atoms with Gasteiger partial charge in [0, 0.05) is 25.5 Å². The molecule has 3 rings (SSSR count). The summed E-state index contributed by atoms with van der Waals surface area (Å²) < 4.78 is 48.4. The number of alkyl halides is 3. The number of aliphatic imine (C=N–C) groups is 1. The molecule has 0 radical (unpaired) electrons. The molecular formula is C17H19F3N6O2. The highest BCUT2D eigenvalue weighted by Gasteiger charge is 2.30. The predicted molar refractivity (Wildman–Crippen MR) is 94.5 cm³/mol. The van der Waals surface area contributed by atoms with Gasteiger partial charge in [-0.25, -0.2) is 9.62 Å². The molecule has 0 amide bonds. The van der Waals surface area contributed by atoms with Gasteiger partial charge in [-0.2, -0.15) is 13.2 Å². The van der Waals surface area contributed by atoms with Crippen molar-refractivity contribution in [3.8, 4) is 0 Å². The van der Waals surface area contributed by atoms with Crippen LogP contribution in [0.4, 0.5) is 18.9 Å². The summed E-state index contributed by atoms with van der Waals surface area (Å²) in [6.45, 7) is 3.25. The van der Waals surface area contributed by atoms with Crippen molar-refractivity contribution in [1.82, 2.24) is 20.5 Å². The van der Waals surface area contributed by atoms with Crippen molar-refractivity contribution in [3.63, 3.8) is 0 Å². The molecule has 1 aliphatic rings. The zero-order valence-electron chi connectivity index (χ0n) is 14.8. The van der Waals surface area contributed by atoms with Crippen LogP contribution in [0.15, 0.2) is 46.3 Å². The Bertz CT molecular complexity index is 843. The number of benzene rings is 1. The van der Waals surface area contributed by atoms with Crippen LogP contribution in [0.3, 0.4) is 0 Å². The smallest absolute Gasteiger partial charge is 0.384 e. The molecular weight excluding hydrogens is 377 g/mol. The van der Waals surface area contributed by atoms with E-state index in [2.05, 4.69) is 25.5 Å². The minimum Gasteiger partial charge on any atom is -0.384 e. The summed E-state index contributed by atoms with van der Waals surface area (Å²) in [5.74, 6) is -0.0884. The average molecular weight is 396 g/mol. The van der Waals surface area contributed by atoms with Crippen LogP contribution in [0.25, 0.3) is 0 Å². The topological polar surface area (TPSA) is 102 Å². The standard InChI is InChI=1S/C17H19F3N6O2/c18-17(19,20)12-2-1-3-13(10-12)23-16(21)15-14(24-28-25-15)11-22-4-5-26-6-8-27-9-7-26/h1-5,10,22H,6-9,11H2,(H2,21,23)/b5-4+. The molecule has 150 valence electrons. The second kappa shape index (κ2) is 8.74. The van der Waals surface area contributed by atoms with Crippen LogP contribution in [0.2, 0.25) is 0 Å². The lowest BCUT2D eigenvalue weighted by Crippen LogP contribution is -2.32. The number of ether oxygens (including phenoxy) is 1. The number of amidine groups is 1. The maximum absolute atomic E-state index is 12.8. The summed E-state index contributed by atoms with van der Waals surface area (Å²) in [6, 6.07) is 4.54. The summed E-state index contributed by atoms with van der Waals surface area (Å²) in [5, 5.41) is 10.5. The predicted octanol–water partition coefficient (Wildman–Crippen LogP) is 2.02. The summed E-state index contributed by atoms with van der Waals surface area (Å²) in [6.07, 6.45) is -0.808. The van der Waals surface area contributed by atoms with Crippen LogP contribution >= 0.6 is 0 Å². The van der Waals surface area contributed by atoms with E-state index in [0.29, 0.717) is 18.9 Å². The van der Waals surface area contributed by atoms with Crippen LogP contribution < -0.4 is 11.1 Å². The van der Waals surface area contributed by atoms with E-state index in [9.17, 15) is 13.2 Å². The van der Waals surface area contributed by atoms with E-state index in [4.69, 9.17) is 15.1 Å². The molecule has 11 heteroatoms. The molecule has 2 aromatic rings. The number of nitrogens with two attached hydrogens (primary N) is 1. The first-order chi connectivity index (χ1) is 13.4. The highest BCUT2D eigenvalue weighted by molar-refractivity contribution is 5.98. The fourth-order valence-corrected chi connectivity index (χ4v) is 2.50. The van der Waals surface area contributed by atoms with Gasteiger partial charge in [0.25, 0.3) is 0 Å². The summed E-state index contributed by atoms with van der Waals surface area (Å²) in [7, 11) is 0. The summed E-state index contributed by atoms with van der Waals surface area (Å²) in [4.78, 5) is 6.10. The van der Waals surface area contributed by atoms with Gasteiger partial charge in [0.2, 0.25) is 0 Å². The quantitative estimate of drug-likeness (QED) is 0.569. The lowest BCUT2D eigenvalue weighted by atomic mass is 10.2. The Hall–Kier alpha value is -3.08. The maximum Gasteiger partial charge on any atom is 0.416 e. The van der Waals surface area contributed by atoms with Crippen LogP contribution in [0.5, 0.6) is 0 Å². The largest absolute Gasteiger partial charge is 0.416 e. The molecule has 28 heavy (non-hydrogen) atoms. The van der Waals surface area contributed by atoms with Crippen molar-refractivity contribution >= 4 is 11.5 Å². The molecule has 1 aromatic heterocycles. The number of hydrogen-bond donors (Lipinski definition) is 2. The highest BCUT2D eigenvalue weighted by atomic mass is 19.4. The number of hydrogen-bond acceptors (Lipinski definition) is 7. The molecule has 0 saturated carbocycles. The third-order valence-electron chi connectivity index (χ3n) is 3.94. The van der Waals surface area contributed by atoms with Crippen molar-refractivity contribution in [2.45, 2.75) is 12.7 Å². The van der Waals surface area contributed by atoms with E-state index in [1.807, 2.05) is 6.20 Å². The fraction of sp³-hybridized carbons (Fsp3) is 0.353. The lowest BCUT2D eigenvalue weighted by Gasteiger charge is -2.24. The molecule has 1 saturated heterocycles. The maximum atomic E-state index is 12.8. The Labute approximate surface area is 158 Å². The number of morpholine rings is 1. The van der Waals surface area contributed by atoms with Gasteiger partial charge < -0.3 is 20.7 Å². The molecule has 0 atom stereocenters. The van der Waals surface area contributed by atoms with Gasteiger partial charge in [-0.1, -0.05) is 11.2 Å². The zero-order valence-corrected chi connectivity index (χ0v) is 14.8. The first-order valence-electron chi connectivity index (χ1n) is 8.48. The second-order valence-corrected chi connectivity index (χ2v) is 5.95. The van der Waals surface area contributed by atoms with Gasteiger partial charge in [0.1, 0.15) is 5.69 Å². The lowest BCUT2D eigenvalue weighted by molar-refractivity contribution is -0.137.